The van der Waals surface area contributed by atoms with Gasteiger partial charge in [0.1, 0.15) is 11.6 Å². The molecular formula is C27H34F3N7. The molecule has 1 aromatic carbocycles. The number of benzene rings is 1. The van der Waals surface area contributed by atoms with Gasteiger partial charge in [-0.3, -0.25) is 0 Å². The van der Waals surface area contributed by atoms with Crippen molar-refractivity contribution in [2.45, 2.75) is 32.4 Å². The molecule has 0 unspecified atom stereocenters. The molecule has 0 aliphatic carbocycles. The van der Waals surface area contributed by atoms with E-state index in [0.29, 0.717) is 37.9 Å². The van der Waals surface area contributed by atoms with Crippen LogP contribution in [0, 0.1) is 6.92 Å². The number of hydrogen-bond donors (Lipinski definition) is 1. The third kappa shape index (κ3) is 7.55. The largest absolute Gasteiger partial charge is 0.419 e. The molecule has 0 atom stereocenters. The molecule has 0 spiro atoms. The van der Waals surface area contributed by atoms with E-state index in [1.807, 2.05) is 36.1 Å². The highest BCUT2D eigenvalue weighted by atomic mass is 19.4. The van der Waals surface area contributed by atoms with Crippen molar-refractivity contribution in [2.75, 3.05) is 61.4 Å². The van der Waals surface area contributed by atoms with Crippen LogP contribution in [0.1, 0.15) is 30.4 Å². The van der Waals surface area contributed by atoms with Crippen LogP contribution in [0.2, 0.25) is 0 Å². The maximum absolute atomic E-state index is 13.3. The minimum Gasteiger partial charge on any atom is -0.353 e. The lowest BCUT2D eigenvalue weighted by atomic mass is 10.1. The number of anilines is 4. The second kappa shape index (κ2) is 12.2. The highest BCUT2D eigenvalue weighted by molar-refractivity contribution is 5.57. The molecule has 37 heavy (non-hydrogen) atoms. The SMILES string of the molecule is CN1CCCCC1.Cc1ccc(Nc2ccnc(N3CCN(c4ncccc4C(F)(F)F)CC3)n2)cc1. The molecule has 0 radical (unpaired) electrons. The molecule has 0 amide bonds. The number of aromatic nitrogens is 3. The quantitative estimate of drug-likeness (QED) is 0.503. The van der Waals surface area contributed by atoms with Crippen molar-refractivity contribution in [3.05, 3.63) is 66.0 Å². The van der Waals surface area contributed by atoms with Crippen LogP contribution in [-0.2, 0) is 6.18 Å². The minimum atomic E-state index is -4.43. The Morgan fingerprint density at radius 2 is 1.46 bits per heavy atom. The monoisotopic (exact) mass is 513 g/mol. The molecule has 0 bridgehead atoms. The average molecular weight is 514 g/mol. The molecule has 2 aliphatic rings. The number of halogens is 3. The van der Waals surface area contributed by atoms with Gasteiger partial charge in [-0.2, -0.15) is 18.2 Å². The Morgan fingerprint density at radius 1 is 0.784 bits per heavy atom. The summed E-state index contributed by atoms with van der Waals surface area (Å²) < 4.78 is 39.9. The first-order valence-electron chi connectivity index (χ1n) is 12.7. The summed E-state index contributed by atoms with van der Waals surface area (Å²) in [6, 6.07) is 12.1. The standard InChI is InChI=1S/C21H21F3N6.C6H13N/c1-15-4-6-16(7-5-15)27-18-8-10-26-20(28-18)30-13-11-29(12-14-30)19-17(21(22,23)24)3-2-9-25-19;1-7-5-3-2-4-6-7/h2-10H,11-14H2,1H3,(H,26,27,28);2-6H2,1H3. The summed E-state index contributed by atoms with van der Waals surface area (Å²) >= 11 is 0. The van der Waals surface area contributed by atoms with E-state index < -0.39 is 11.7 Å². The number of nitrogens with zero attached hydrogens (tertiary/aromatic N) is 6. The Balaban J connectivity index is 0.000000396. The van der Waals surface area contributed by atoms with Gasteiger partial charge in [-0.05, 0) is 70.2 Å². The number of piperazine rings is 1. The summed E-state index contributed by atoms with van der Waals surface area (Å²) in [5.74, 6) is 1.18. The smallest absolute Gasteiger partial charge is 0.353 e. The average Bonchev–Trinajstić information content (AvgIpc) is 2.91. The topological polar surface area (TPSA) is 60.4 Å². The zero-order chi connectivity index (χ0) is 26.3. The molecule has 1 N–H and O–H groups in total. The van der Waals surface area contributed by atoms with E-state index in [4.69, 9.17) is 0 Å². The molecule has 2 saturated heterocycles. The van der Waals surface area contributed by atoms with Crippen LogP contribution in [0.25, 0.3) is 0 Å². The second-order valence-corrected chi connectivity index (χ2v) is 9.44. The van der Waals surface area contributed by atoms with Gasteiger partial charge in [0.15, 0.2) is 0 Å². The fourth-order valence-electron chi connectivity index (χ4n) is 4.40. The number of aryl methyl sites for hydroxylation is 1. The van der Waals surface area contributed by atoms with Crippen molar-refractivity contribution in [2.24, 2.45) is 0 Å². The lowest BCUT2D eigenvalue weighted by Gasteiger charge is -2.36. The highest BCUT2D eigenvalue weighted by Gasteiger charge is 2.36. The molecular weight excluding hydrogens is 479 g/mol. The Bertz CT molecular complexity index is 1120. The molecule has 10 heteroatoms. The van der Waals surface area contributed by atoms with Crippen LogP contribution in [0.4, 0.5) is 36.4 Å². The Morgan fingerprint density at radius 3 is 2.08 bits per heavy atom. The van der Waals surface area contributed by atoms with E-state index in [2.05, 4.69) is 32.2 Å². The van der Waals surface area contributed by atoms with Crippen molar-refractivity contribution in [3.63, 3.8) is 0 Å². The van der Waals surface area contributed by atoms with Crippen molar-refractivity contribution in [3.8, 4) is 0 Å². The third-order valence-electron chi connectivity index (χ3n) is 6.50. The predicted molar refractivity (Wildman–Crippen MR) is 142 cm³/mol. The van der Waals surface area contributed by atoms with E-state index in [1.165, 1.54) is 50.2 Å². The summed E-state index contributed by atoms with van der Waals surface area (Å²) in [4.78, 5) is 18.9. The number of piperidine rings is 1. The number of nitrogens with one attached hydrogen (secondary N) is 1. The van der Waals surface area contributed by atoms with Gasteiger partial charge in [0.05, 0.1) is 5.56 Å². The molecule has 3 aromatic rings. The Kier molecular flexibility index (Phi) is 8.81. The van der Waals surface area contributed by atoms with Crippen LogP contribution < -0.4 is 15.1 Å². The first-order valence-corrected chi connectivity index (χ1v) is 12.7. The predicted octanol–water partition coefficient (Wildman–Crippen LogP) is 5.37. The molecule has 198 valence electrons. The van der Waals surface area contributed by atoms with Crippen LogP contribution >= 0.6 is 0 Å². The van der Waals surface area contributed by atoms with Crippen molar-refractivity contribution in [1.29, 1.82) is 0 Å². The van der Waals surface area contributed by atoms with E-state index in [0.717, 1.165) is 11.8 Å². The van der Waals surface area contributed by atoms with E-state index in [1.54, 1.807) is 17.2 Å². The fraction of sp³-hybridized carbons (Fsp3) is 0.444. The van der Waals surface area contributed by atoms with Gasteiger partial charge >= 0.3 is 6.18 Å². The van der Waals surface area contributed by atoms with Gasteiger partial charge in [-0.1, -0.05) is 24.1 Å². The zero-order valence-electron chi connectivity index (χ0n) is 21.4. The lowest BCUT2D eigenvalue weighted by Crippen LogP contribution is -2.48. The molecule has 2 aromatic heterocycles. The molecule has 0 saturated carbocycles. The van der Waals surface area contributed by atoms with Gasteiger partial charge in [-0.15, -0.1) is 0 Å². The van der Waals surface area contributed by atoms with Gasteiger partial charge in [0.2, 0.25) is 5.95 Å². The number of rotatable bonds is 4. The first-order chi connectivity index (χ1) is 17.8. The first kappa shape index (κ1) is 26.7. The van der Waals surface area contributed by atoms with Gasteiger partial charge in [0.25, 0.3) is 0 Å². The summed E-state index contributed by atoms with van der Waals surface area (Å²) in [7, 11) is 2.19. The van der Waals surface area contributed by atoms with Gasteiger partial charge in [0, 0.05) is 44.3 Å². The Labute approximate surface area is 216 Å². The maximum atomic E-state index is 13.3. The molecule has 4 heterocycles. The zero-order valence-corrected chi connectivity index (χ0v) is 21.4. The maximum Gasteiger partial charge on any atom is 0.419 e. The number of pyridine rings is 1. The lowest BCUT2D eigenvalue weighted by molar-refractivity contribution is -0.137. The highest BCUT2D eigenvalue weighted by Crippen LogP contribution is 2.35. The molecule has 2 fully saturated rings. The van der Waals surface area contributed by atoms with Crippen LogP contribution in [0.3, 0.4) is 0 Å². The number of hydrogen-bond acceptors (Lipinski definition) is 7. The second-order valence-electron chi connectivity index (χ2n) is 9.44. The number of alkyl halides is 3. The molecule has 5 rings (SSSR count). The summed E-state index contributed by atoms with van der Waals surface area (Å²) in [5, 5.41) is 3.25. The van der Waals surface area contributed by atoms with Gasteiger partial charge < -0.3 is 20.0 Å². The van der Waals surface area contributed by atoms with Crippen LogP contribution in [0.5, 0.6) is 0 Å². The summed E-state index contributed by atoms with van der Waals surface area (Å²) in [5.41, 5.74) is 1.38. The third-order valence-corrected chi connectivity index (χ3v) is 6.50. The summed E-state index contributed by atoms with van der Waals surface area (Å²) in [6.45, 7) is 6.47. The van der Waals surface area contributed by atoms with Crippen molar-refractivity contribution >= 4 is 23.3 Å². The van der Waals surface area contributed by atoms with E-state index >= 15 is 0 Å². The molecule has 7 nitrogen and oxygen atoms in total. The van der Waals surface area contributed by atoms with Gasteiger partial charge in [-0.25, -0.2) is 9.97 Å². The summed E-state index contributed by atoms with van der Waals surface area (Å²) in [6.07, 6.45) is 2.91. The minimum absolute atomic E-state index is 0.0274. The van der Waals surface area contributed by atoms with Crippen molar-refractivity contribution in [1.82, 2.24) is 19.9 Å². The Hall–Kier alpha value is -3.40. The fourth-order valence-corrected chi connectivity index (χ4v) is 4.40. The molecule has 2 aliphatic heterocycles. The van der Waals surface area contributed by atoms with E-state index in [9.17, 15) is 13.2 Å². The number of likely N-dealkylation sites (tertiary alicyclic amines) is 1. The normalized spacial score (nSPS) is 16.7. The van der Waals surface area contributed by atoms with Crippen molar-refractivity contribution < 1.29 is 13.2 Å². The van der Waals surface area contributed by atoms with Crippen LogP contribution in [0.15, 0.2) is 54.9 Å². The van der Waals surface area contributed by atoms with E-state index in [-0.39, 0.29) is 5.82 Å². The van der Waals surface area contributed by atoms with Crippen LogP contribution in [-0.4, -0.2) is 66.2 Å².